The minimum absolute atomic E-state index is 0.0702. The molecule has 2 aliphatic carbocycles. The quantitative estimate of drug-likeness (QED) is 0.393. The first-order chi connectivity index (χ1) is 9.94. The molecule has 3 rings (SSSR count). The van der Waals surface area contributed by atoms with Crippen molar-refractivity contribution in [1.29, 1.82) is 0 Å². The normalized spacial score (nSPS) is 26.6. The van der Waals surface area contributed by atoms with Gasteiger partial charge in [-0.15, -0.1) is 0 Å². The van der Waals surface area contributed by atoms with Crippen LogP contribution in [0.4, 0.5) is 5.69 Å². The molecule has 21 heavy (non-hydrogen) atoms. The van der Waals surface area contributed by atoms with Crippen LogP contribution in [-0.2, 0) is 0 Å². The Balaban J connectivity index is 1.84. The van der Waals surface area contributed by atoms with Gasteiger partial charge < -0.3 is 4.74 Å². The summed E-state index contributed by atoms with van der Waals surface area (Å²) < 4.78 is 6.04. The van der Waals surface area contributed by atoms with Crippen LogP contribution in [0, 0.1) is 15.5 Å². The van der Waals surface area contributed by atoms with E-state index in [-0.39, 0.29) is 27.3 Å². The molecular weight excluding hydrogens is 381 g/mol. The van der Waals surface area contributed by atoms with E-state index in [1.807, 2.05) is 0 Å². The number of hydrogen-bond donors (Lipinski definition) is 0. The number of halogens is 3. The predicted octanol–water partition coefficient (Wildman–Crippen LogP) is 5.38. The van der Waals surface area contributed by atoms with E-state index >= 15 is 0 Å². The molecule has 4 nitrogen and oxygen atoms in total. The van der Waals surface area contributed by atoms with E-state index in [4.69, 9.17) is 27.9 Å². The summed E-state index contributed by atoms with van der Waals surface area (Å²) >= 11 is 15.9. The number of nitro groups is 1. The summed E-state index contributed by atoms with van der Waals surface area (Å²) in [5.41, 5.74) is 0.0361. The Morgan fingerprint density at radius 1 is 1.29 bits per heavy atom. The maximum Gasteiger partial charge on any atom is 0.272 e. The molecule has 2 fully saturated rings. The molecule has 0 aliphatic heterocycles. The van der Waals surface area contributed by atoms with Gasteiger partial charge in [-0.05, 0) is 19.3 Å². The van der Waals surface area contributed by atoms with Crippen LogP contribution in [0.3, 0.4) is 0 Å². The molecule has 1 aromatic carbocycles. The third-order valence-electron chi connectivity index (χ3n) is 4.67. The molecule has 2 saturated carbocycles. The van der Waals surface area contributed by atoms with Crippen molar-refractivity contribution in [3.63, 3.8) is 0 Å². The van der Waals surface area contributed by atoms with Crippen LogP contribution >= 0.6 is 39.1 Å². The largest absolute Gasteiger partial charge is 0.487 e. The molecule has 7 heteroatoms. The Morgan fingerprint density at radius 3 is 2.33 bits per heavy atom. The lowest BCUT2D eigenvalue weighted by atomic mass is 9.64. The van der Waals surface area contributed by atoms with Crippen LogP contribution in [0.2, 0.25) is 10.0 Å². The summed E-state index contributed by atoms with van der Waals surface area (Å²) in [7, 11) is 0. The van der Waals surface area contributed by atoms with Crippen LogP contribution in [0.25, 0.3) is 0 Å². The highest BCUT2D eigenvalue weighted by Gasteiger charge is 2.56. The number of non-ortho nitro benzene ring substituents is 1. The summed E-state index contributed by atoms with van der Waals surface area (Å²) in [6, 6.07) is 2.57. The lowest BCUT2D eigenvalue weighted by Gasteiger charge is -2.51. The van der Waals surface area contributed by atoms with Crippen molar-refractivity contribution >= 4 is 44.8 Å². The van der Waals surface area contributed by atoms with E-state index in [9.17, 15) is 10.1 Å². The molecule has 0 heterocycles. The zero-order valence-corrected chi connectivity index (χ0v) is 14.2. The Morgan fingerprint density at radius 2 is 1.86 bits per heavy atom. The Bertz CT molecular complexity index is 567. The second kappa shape index (κ2) is 5.60. The van der Waals surface area contributed by atoms with Gasteiger partial charge in [0, 0.05) is 22.4 Å². The minimum Gasteiger partial charge on any atom is -0.487 e. The minimum atomic E-state index is -0.516. The van der Waals surface area contributed by atoms with Gasteiger partial charge in [-0.25, -0.2) is 0 Å². The van der Waals surface area contributed by atoms with Crippen molar-refractivity contribution in [3.8, 4) is 5.75 Å². The van der Waals surface area contributed by atoms with E-state index in [0.29, 0.717) is 10.6 Å². The summed E-state index contributed by atoms with van der Waals surface area (Å²) in [4.78, 5) is 10.7. The fourth-order valence-corrected chi connectivity index (χ4v) is 5.10. The molecule has 1 aromatic rings. The highest BCUT2D eigenvalue weighted by Crippen LogP contribution is 2.58. The smallest absolute Gasteiger partial charge is 0.272 e. The van der Waals surface area contributed by atoms with Crippen molar-refractivity contribution in [2.45, 2.75) is 43.0 Å². The van der Waals surface area contributed by atoms with Crippen molar-refractivity contribution in [1.82, 2.24) is 0 Å². The third-order valence-corrected chi connectivity index (χ3v) is 6.52. The van der Waals surface area contributed by atoms with Crippen molar-refractivity contribution in [2.75, 3.05) is 0 Å². The Kier molecular flexibility index (Phi) is 4.10. The third kappa shape index (κ3) is 2.53. The monoisotopic (exact) mass is 393 g/mol. The molecule has 114 valence electrons. The van der Waals surface area contributed by atoms with E-state index in [2.05, 4.69) is 15.9 Å². The first-order valence-electron chi connectivity index (χ1n) is 6.88. The maximum absolute atomic E-state index is 10.8. The molecule has 2 unspecified atom stereocenters. The fourth-order valence-electron chi connectivity index (χ4n) is 3.44. The van der Waals surface area contributed by atoms with E-state index < -0.39 is 4.92 Å². The van der Waals surface area contributed by atoms with Gasteiger partial charge in [-0.2, -0.15) is 0 Å². The van der Waals surface area contributed by atoms with Crippen LogP contribution in [0.15, 0.2) is 12.1 Å². The highest BCUT2D eigenvalue weighted by molar-refractivity contribution is 9.09. The average Bonchev–Trinajstić information content (AvgIpc) is 2.93. The summed E-state index contributed by atoms with van der Waals surface area (Å²) in [6.07, 6.45) is 5.67. The van der Waals surface area contributed by atoms with Crippen molar-refractivity contribution in [3.05, 3.63) is 32.3 Å². The fraction of sp³-hybridized carbons (Fsp3) is 0.571. The average molecular weight is 395 g/mol. The second-order valence-electron chi connectivity index (χ2n) is 5.75. The zero-order valence-electron chi connectivity index (χ0n) is 11.2. The number of alkyl halides is 1. The molecule has 0 amide bonds. The molecule has 0 aromatic heterocycles. The zero-order chi connectivity index (χ0) is 15.2. The number of hydrogen-bond acceptors (Lipinski definition) is 3. The van der Waals surface area contributed by atoms with Crippen LogP contribution < -0.4 is 4.74 Å². The van der Waals surface area contributed by atoms with Gasteiger partial charge in [0.15, 0.2) is 5.75 Å². The predicted molar refractivity (Wildman–Crippen MR) is 85.8 cm³/mol. The van der Waals surface area contributed by atoms with Gasteiger partial charge in [-0.1, -0.05) is 52.0 Å². The summed E-state index contributed by atoms with van der Waals surface area (Å²) in [6.45, 7) is 0. The lowest BCUT2D eigenvalue weighted by Crippen LogP contribution is -2.55. The number of rotatable bonds is 3. The van der Waals surface area contributed by atoms with Crippen molar-refractivity contribution in [2.24, 2.45) is 5.41 Å². The van der Waals surface area contributed by atoms with E-state index in [1.165, 1.54) is 25.0 Å². The van der Waals surface area contributed by atoms with Gasteiger partial charge in [0.25, 0.3) is 5.69 Å². The first kappa shape index (κ1) is 15.4. The van der Waals surface area contributed by atoms with Gasteiger partial charge in [-0.3, -0.25) is 10.1 Å². The number of ether oxygens (including phenoxy) is 1. The molecule has 2 aliphatic rings. The maximum atomic E-state index is 10.8. The number of nitrogens with zero attached hydrogens (tertiary/aromatic N) is 1. The van der Waals surface area contributed by atoms with Crippen LogP contribution in [0.5, 0.6) is 5.75 Å². The number of benzene rings is 1. The van der Waals surface area contributed by atoms with Gasteiger partial charge in [0.2, 0.25) is 0 Å². The topological polar surface area (TPSA) is 52.4 Å². The van der Waals surface area contributed by atoms with E-state index in [1.54, 1.807) is 0 Å². The molecular formula is C14H14BrCl2NO3. The van der Waals surface area contributed by atoms with E-state index in [0.717, 1.165) is 19.3 Å². The first-order valence-corrected chi connectivity index (χ1v) is 8.55. The Labute approximate surface area is 141 Å². The molecule has 2 atom stereocenters. The lowest BCUT2D eigenvalue weighted by molar-refractivity contribution is -0.384. The summed E-state index contributed by atoms with van der Waals surface area (Å²) in [5.74, 6) is 0.361. The van der Waals surface area contributed by atoms with Crippen molar-refractivity contribution < 1.29 is 9.66 Å². The summed E-state index contributed by atoms with van der Waals surface area (Å²) in [5, 5.41) is 11.2. The Hall–Kier alpha value is -0.520. The van der Waals surface area contributed by atoms with Gasteiger partial charge in [0.1, 0.15) is 6.10 Å². The van der Waals surface area contributed by atoms with Crippen LogP contribution in [0.1, 0.15) is 32.1 Å². The number of nitro benzene ring substituents is 1. The SMILES string of the molecule is O=[N+]([O-])c1cc(Cl)c(OC2CC(Br)C23CCCC3)c(Cl)c1. The standard InChI is InChI=1S/C14H14BrCl2NO3/c15-11-7-12(14(11)3-1-2-4-14)21-13-9(16)5-8(18(19)20)6-10(13)17/h5-6,11-12H,1-4,7H2. The highest BCUT2D eigenvalue weighted by atomic mass is 79.9. The second-order valence-corrected chi connectivity index (χ2v) is 7.67. The molecule has 0 radical (unpaired) electrons. The van der Waals surface area contributed by atoms with Gasteiger partial charge >= 0.3 is 0 Å². The van der Waals surface area contributed by atoms with Crippen LogP contribution in [-0.4, -0.2) is 15.9 Å². The van der Waals surface area contributed by atoms with Gasteiger partial charge in [0.05, 0.1) is 15.0 Å². The molecule has 1 spiro atoms. The molecule has 0 saturated heterocycles. The molecule has 0 bridgehead atoms. The molecule has 0 N–H and O–H groups in total.